The van der Waals surface area contributed by atoms with Crippen molar-refractivity contribution in [1.82, 2.24) is 26.6 Å². The van der Waals surface area contributed by atoms with Gasteiger partial charge in [-0.25, -0.2) is 0 Å². The lowest BCUT2D eigenvalue weighted by molar-refractivity contribution is -0.137. The van der Waals surface area contributed by atoms with Gasteiger partial charge in [0.1, 0.15) is 23.7 Å². The third-order valence-corrected chi connectivity index (χ3v) is 12.1. The SMILES string of the molecule is NC(=O)CNC(=O)C(Cc1ccc2ccccc2c1)NC(=O)C(CCCN=C(N)N)NC(=O)C(Cc1ccccc1)NC(=O)C1(NC(=O)Cc2ccccc2)CCc2c(Br)cccc2C1. The van der Waals surface area contributed by atoms with Crippen LogP contribution in [0.5, 0.6) is 0 Å². The van der Waals surface area contributed by atoms with Gasteiger partial charge in [-0.1, -0.05) is 131 Å². The van der Waals surface area contributed by atoms with Gasteiger partial charge in [-0.15, -0.1) is 0 Å². The van der Waals surface area contributed by atoms with Crippen LogP contribution in [0.2, 0.25) is 0 Å². The molecule has 0 spiro atoms. The Balaban J connectivity index is 1.28. The maximum atomic E-state index is 14.9. The van der Waals surface area contributed by atoms with E-state index in [-0.39, 0.29) is 63.4 Å². The lowest BCUT2D eigenvalue weighted by Crippen LogP contribution is -2.65. The smallest absolute Gasteiger partial charge is 0.246 e. The fourth-order valence-corrected chi connectivity index (χ4v) is 8.64. The van der Waals surface area contributed by atoms with Gasteiger partial charge in [0.05, 0.1) is 13.0 Å². The van der Waals surface area contributed by atoms with Crippen molar-refractivity contribution in [2.24, 2.45) is 22.2 Å². The molecule has 4 unspecified atom stereocenters. The van der Waals surface area contributed by atoms with Crippen LogP contribution < -0.4 is 43.8 Å². The standard InChI is InChI=1S/C49H54BrN9O6/c50-38-18-9-17-36-29-49(23-22-37(36)38,59-43(61)28-32-13-5-2-6-14-32)47(65)58-41(26-31-11-3-1-4-12-31)46(64)56-39(19-10-24-54-48(52)53)45(63)57-40(44(62)55-30-42(51)60)27-33-20-21-34-15-7-8-16-35(34)25-33/h1-9,11-18,20-21,25,39-41H,10,19,22-24,26-30H2,(H2,51,60)(H,55,62)(H,56,64)(H,57,63)(H,58,65)(H,59,61)(H4,52,53,54). The van der Waals surface area contributed by atoms with Crippen LogP contribution in [0.25, 0.3) is 10.8 Å². The number of fused-ring (bicyclic) bond motifs is 2. The zero-order valence-electron chi connectivity index (χ0n) is 35.9. The number of guanidine groups is 1. The molecule has 16 heteroatoms. The summed E-state index contributed by atoms with van der Waals surface area (Å²) in [6.07, 6.45) is 1.29. The van der Waals surface area contributed by atoms with E-state index in [1.165, 1.54) is 0 Å². The Morgan fingerprint density at radius 2 is 1.29 bits per heavy atom. The van der Waals surface area contributed by atoms with Crippen LogP contribution in [0.3, 0.4) is 0 Å². The van der Waals surface area contributed by atoms with Gasteiger partial charge in [0.2, 0.25) is 35.4 Å². The summed E-state index contributed by atoms with van der Waals surface area (Å²) in [5.74, 6) is -3.88. The van der Waals surface area contributed by atoms with Crippen molar-refractivity contribution in [2.45, 2.75) is 75.0 Å². The van der Waals surface area contributed by atoms with E-state index >= 15 is 0 Å². The Morgan fingerprint density at radius 3 is 2.00 bits per heavy atom. The van der Waals surface area contributed by atoms with Gasteiger partial charge in [0.25, 0.3) is 0 Å². The van der Waals surface area contributed by atoms with E-state index in [0.29, 0.717) is 6.42 Å². The van der Waals surface area contributed by atoms with Gasteiger partial charge in [0.15, 0.2) is 5.96 Å². The monoisotopic (exact) mass is 943 g/mol. The van der Waals surface area contributed by atoms with Crippen LogP contribution in [-0.2, 0) is 60.9 Å². The molecular weight excluding hydrogens is 890 g/mol. The first-order valence-corrected chi connectivity index (χ1v) is 22.2. The summed E-state index contributed by atoms with van der Waals surface area (Å²) in [5.41, 5.74) is 19.2. The van der Waals surface area contributed by atoms with E-state index < -0.39 is 59.7 Å². The molecule has 65 heavy (non-hydrogen) atoms. The minimum Gasteiger partial charge on any atom is -0.370 e. The van der Waals surface area contributed by atoms with E-state index in [2.05, 4.69) is 47.5 Å². The van der Waals surface area contributed by atoms with E-state index in [4.69, 9.17) is 17.2 Å². The topological polar surface area (TPSA) is 253 Å². The molecule has 15 nitrogen and oxygen atoms in total. The molecule has 1 aliphatic rings. The van der Waals surface area contributed by atoms with Gasteiger partial charge in [-0.3, -0.25) is 33.8 Å². The highest BCUT2D eigenvalue weighted by atomic mass is 79.9. The molecular formula is C49H54BrN9O6. The van der Waals surface area contributed by atoms with E-state index in [1.54, 1.807) is 0 Å². The Bertz CT molecular complexity index is 2540. The number of hydrogen-bond acceptors (Lipinski definition) is 7. The summed E-state index contributed by atoms with van der Waals surface area (Å²) in [5, 5.41) is 16.1. The van der Waals surface area contributed by atoms with Crippen molar-refractivity contribution in [3.05, 3.63) is 154 Å². The van der Waals surface area contributed by atoms with Crippen molar-refractivity contribution in [3.8, 4) is 0 Å². The summed E-state index contributed by atoms with van der Waals surface area (Å²) in [6, 6.07) is 33.7. The first-order chi connectivity index (χ1) is 31.3. The number of nitrogens with zero attached hydrogens (tertiary/aromatic N) is 1. The number of rotatable bonds is 20. The van der Waals surface area contributed by atoms with Crippen LogP contribution in [0.4, 0.5) is 0 Å². The molecule has 0 fully saturated rings. The average molecular weight is 945 g/mol. The molecule has 0 radical (unpaired) electrons. The van der Waals surface area contributed by atoms with Crippen molar-refractivity contribution in [2.75, 3.05) is 13.1 Å². The molecule has 0 saturated heterocycles. The third kappa shape index (κ3) is 13.5. The molecule has 1 aliphatic carbocycles. The normalized spacial score (nSPS) is 15.5. The van der Waals surface area contributed by atoms with E-state index in [9.17, 15) is 28.8 Å². The Kier molecular flexibility index (Phi) is 16.4. The highest BCUT2D eigenvalue weighted by molar-refractivity contribution is 9.10. The molecule has 4 atom stereocenters. The van der Waals surface area contributed by atoms with Gasteiger partial charge in [0, 0.05) is 30.3 Å². The van der Waals surface area contributed by atoms with Gasteiger partial charge in [-0.2, -0.15) is 0 Å². The highest BCUT2D eigenvalue weighted by Crippen LogP contribution is 2.34. The Morgan fingerprint density at radius 1 is 0.662 bits per heavy atom. The number of hydrogen-bond donors (Lipinski definition) is 8. The van der Waals surface area contributed by atoms with Crippen molar-refractivity contribution >= 4 is 68.1 Å². The maximum Gasteiger partial charge on any atom is 0.246 e. The molecule has 0 bridgehead atoms. The fraction of sp³-hybridized carbons (Fsp3) is 0.286. The van der Waals surface area contributed by atoms with Crippen molar-refractivity contribution in [3.63, 3.8) is 0 Å². The number of aliphatic imine (C=N–C) groups is 1. The summed E-state index contributed by atoms with van der Waals surface area (Å²) < 4.78 is 0.898. The van der Waals surface area contributed by atoms with Crippen LogP contribution in [0, 0.1) is 0 Å². The first-order valence-electron chi connectivity index (χ1n) is 21.4. The largest absolute Gasteiger partial charge is 0.370 e. The van der Waals surface area contributed by atoms with Crippen LogP contribution in [-0.4, -0.2) is 78.2 Å². The molecule has 0 aliphatic heterocycles. The maximum absolute atomic E-state index is 14.9. The number of carbonyl (C=O) groups is 6. The zero-order chi connectivity index (χ0) is 46.3. The second kappa shape index (κ2) is 22.5. The highest BCUT2D eigenvalue weighted by Gasteiger charge is 2.44. The summed E-state index contributed by atoms with van der Waals surface area (Å²) >= 11 is 3.64. The Labute approximate surface area is 385 Å². The number of halogens is 1. The average Bonchev–Trinajstić information content (AvgIpc) is 3.29. The van der Waals surface area contributed by atoms with Crippen molar-refractivity contribution < 1.29 is 28.8 Å². The quantitative estimate of drug-likeness (QED) is 0.0327. The summed E-state index contributed by atoms with van der Waals surface area (Å²) in [4.78, 5) is 86.9. The molecule has 5 aromatic rings. The van der Waals surface area contributed by atoms with E-state index in [0.717, 1.165) is 43.1 Å². The Hall–Kier alpha value is -7.07. The molecule has 11 N–H and O–H groups in total. The van der Waals surface area contributed by atoms with E-state index in [1.807, 2.05) is 121 Å². The third-order valence-electron chi connectivity index (χ3n) is 11.3. The number of nitrogens with two attached hydrogens (primary N) is 3. The van der Waals surface area contributed by atoms with Gasteiger partial charge >= 0.3 is 0 Å². The predicted octanol–water partition coefficient (Wildman–Crippen LogP) is 2.78. The number of amides is 6. The number of carbonyl (C=O) groups excluding carboxylic acids is 6. The second-order valence-electron chi connectivity index (χ2n) is 16.2. The van der Waals surface area contributed by atoms with Gasteiger partial charge < -0.3 is 43.8 Å². The number of benzene rings is 5. The minimum absolute atomic E-state index is 0.0359. The molecule has 0 aromatic heterocycles. The number of nitrogens with one attached hydrogen (secondary N) is 5. The van der Waals surface area contributed by atoms with Crippen LogP contribution in [0.1, 0.15) is 47.1 Å². The lowest BCUT2D eigenvalue weighted by Gasteiger charge is -2.39. The number of primary amides is 1. The molecule has 0 heterocycles. The van der Waals surface area contributed by atoms with Crippen molar-refractivity contribution in [1.29, 1.82) is 0 Å². The first kappa shape index (κ1) is 47.4. The summed E-state index contributed by atoms with van der Waals surface area (Å²) in [7, 11) is 0. The molecule has 338 valence electrons. The second-order valence-corrected chi connectivity index (χ2v) is 17.1. The van der Waals surface area contributed by atoms with Crippen LogP contribution in [0.15, 0.2) is 131 Å². The molecule has 0 saturated carbocycles. The predicted molar refractivity (Wildman–Crippen MR) is 253 cm³/mol. The summed E-state index contributed by atoms with van der Waals surface area (Å²) in [6.45, 7) is -0.325. The molecule has 6 amide bonds. The van der Waals surface area contributed by atoms with Crippen LogP contribution >= 0.6 is 15.9 Å². The molecule has 6 rings (SSSR count). The fourth-order valence-electron chi connectivity index (χ4n) is 8.03. The molecule has 5 aromatic carbocycles. The minimum atomic E-state index is -1.43. The van der Waals surface area contributed by atoms with Gasteiger partial charge in [-0.05, 0) is 70.3 Å². The zero-order valence-corrected chi connectivity index (χ0v) is 37.4. The lowest BCUT2D eigenvalue weighted by atomic mass is 9.76.